The van der Waals surface area contributed by atoms with Crippen LogP contribution in [0.4, 0.5) is 0 Å². The van der Waals surface area contributed by atoms with Gasteiger partial charge in [-0.05, 0) is 47.7 Å². The van der Waals surface area contributed by atoms with Gasteiger partial charge in [0, 0.05) is 5.92 Å². The standard InChI is InChI=1S/C25H32O2Si/c1-19-16-17-21(20(2)26)18-24(19)27-28(25(3,4)5,22-12-8-6-9-13-22)23-14-10-7-11-15-23/h6-16,21,24H,17-18H2,1-5H3/t21-,24-/m1/s1. The van der Waals surface area contributed by atoms with Crippen LogP contribution in [0.25, 0.3) is 0 Å². The van der Waals surface area contributed by atoms with E-state index >= 15 is 0 Å². The maximum atomic E-state index is 12.1. The van der Waals surface area contributed by atoms with Crippen molar-refractivity contribution in [3.05, 3.63) is 72.3 Å². The smallest absolute Gasteiger partial charge is 0.261 e. The van der Waals surface area contributed by atoms with Crippen molar-refractivity contribution in [3.63, 3.8) is 0 Å². The second-order valence-electron chi connectivity index (χ2n) is 9.00. The van der Waals surface area contributed by atoms with Gasteiger partial charge >= 0.3 is 0 Å². The van der Waals surface area contributed by atoms with E-state index in [1.165, 1.54) is 15.9 Å². The lowest BCUT2D eigenvalue weighted by Crippen LogP contribution is -2.68. The summed E-state index contributed by atoms with van der Waals surface area (Å²) in [6.45, 7) is 10.7. The van der Waals surface area contributed by atoms with Gasteiger partial charge in [-0.2, -0.15) is 0 Å². The molecule has 148 valence electrons. The van der Waals surface area contributed by atoms with Gasteiger partial charge in [-0.3, -0.25) is 4.79 Å². The molecule has 1 aliphatic rings. The van der Waals surface area contributed by atoms with Crippen LogP contribution in [0.5, 0.6) is 0 Å². The SMILES string of the molecule is CC(=O)[C@@H]1CC=C(C)[C@H](O[Si](c2ccccc2)(c2ccccc2)C(C)(C)C)C1. The molecule has 0 heterocycles. The summed E-state index contributed by atoms with van der Waals surface area (Å²) in [6.07, 6.45) is 3.80. The molecule has 0 unspecified atom stereocenters. The summed E-state index contributed by atoms with van der Waals surface area (Å²) in [5.41, 5.74) is 1.26. The minimum absolute atomic E-state index is 0.0195. The molecule has 0 aliphatic heterocycles. The average molecular weight is 393 g/mol. The van der Waals surface area contributed by atoms with Crippen LogP contribution in [-0.4, -0.2) is 20.2 Å². The molecular weight excluding hydrogens is 360 g/mol. The van der Waals surface area contributed by atoms with Gasteiger partial charge in [0.1, 0.15) is 5.78 Å². The number of ketones is 1. The predicted octanol–water partition coefficient (Wildman–Crippen LogP) is 4.88. The molecule has 0 saturated carbocycles. The quantitative estimate of drug-likeness (QED) is 0.536. The number of rotatable bonds is 5. The van der Waals surface area contributed by atoms with Crippen molar-refractivity contribution >= 4 is 24.5 Å². The van der Waals surface area contributed by atoms with Gasteiger partial charge in [-0.25, -0.2) is 0 Å². The number of hydrogen-bond acceptors (Lipinski definition) is 2. The maximum absolute atomic E-state index is 12.1. The highest BCUT2D eigenvalue weighted by Gasteiger charge is 2.52. The molecule has 0 spiro atoms. The molecule has 0 bridgehead atoms. The first-order valence-electron chi connectivity index (χ1n) is 10.2. The average Bonchev–Trinajstić information content (AvgIpc) is 2.67. The molecule has 1 aliphatic carbocycles. The van der Waals surface area contributed by atoms with E-state index in [1.54, 1.807) is 6.92 Å². The van der Waals surface area contributed by atoms with Gasteiger partial charge in [0.05, 0.1) is 6.10 Å². The summed E-state index contributed by atoms with van der Waals surface area (Å²) in [4.78, 5) is 12.1. The summed E-state index contributed by atoms with van der Waals surface area (Å²) < 4.78 is 7.23. The van der Waals surface area contributed by atoms with Crippen LogP contribution >= 0.6 is 0 Å². The number of carbonyl (C=O) groups excluding carboxylic acids is 1. The molecule has 2 nitrogen and oxygen atoms in total. The molecule has 2 aromatic carbocycles. The van der Waals surface area contributed by atoms with Gasteiger partial charge < -0.3 is 4.43 Å². The predicted molar refractivity (Wildman–Crippen MR) is 120 cm³/mol. The maximum Gasteiger partial charge on any atom is 0.261 e. The summed E-state index contributed by atoms with van der Waals surface area (Å²) in [6, 6.07) is 21.4. The fourth-order valence-corrected chi connectivity index (χ4v) is 9.10. The highest BCUT2D eigenvalue weighted by molar-refractivity contribution is 6.99. The molecule has 2 atom stereocenters. The zero-order valence-corrected chi connectivity index (χ0v) is 18.7. The fraction of sp³-hybridized carbons (Fsp3) is 0.400. The van der Waals surface area contributed by atoms with E-state index in [1.807, 2.05) is 0 Å². The van der Waals surface area contributed by atoms with Crippen LogP contribution in [-0.2, 0) is 9.22 Å². The van der Waals surface area contributed by atoms with Crippen molar-refractivity contribution < 1.29 is 9.22 Å². The van der Waals surface area contributed by atoms with E-state index in [4.69, 9.17) is 4.43 Å². The first-order chi connectivity index (χ1) is 13.3. The van der Waals surface area contributed by atoms with Gasteiger partial charge in [0.25, 0.3) is 8.32 Å². The Balaban J connectivity index is 2.15. The lowest BCUT2D eigenvalue weighted by atomic mass is 9.86. The third-order valence-electron chi connectivity index (χ3n) is 6.04. The molecule has 0 N–H and O–H groups in total. The van der Waals surface area contributed by atoms with E-state index in [0.29, 0.717) is 0 Å². The van der Waals surface area contributed by atoms with Crippen molar-refractivity contribution in [2.24, 2.45) is 5.92 Å². The van der Waals surface area contributed by atoms with Crippen LogP contribution in [0.15, 0.2) is 72.3 Å². The Labute approximate surface area is 170 Å². The van der Waals surface area contributed by atoms with Crippen LogP contribution in [0.2, 0.25) is 5.04 Å². The van der Waals surface area contributed by atoms with Gasteiger partial charge in [-0.1, -0.05) is 87.5 Å². The van der Waals surface area contributed by atoms with Crippen molar-refractivity contribution in [3.8, 4) is 0 Å². The Morgan fingerprint density at radius 3 is 1.89 bits per heavy atom. The first kappa shape index (κ1) is 20.8. The molecule has 0 aromatic heterocycles. The Kier molecular flexibility index (Phi) is 6.06. The molecular formula is C25H32O2Si. The van der Waals surface area contributed by atoms with Crippen molar-refractivity contribution in [1.29, 1.82) is 0 Å². The van der Waals surface area contributed by atoms with Gasteiger partial charge in [-0.15, -0.1) is 0 Å². The molecule has 3 heteroatoms. The van der Waals surface area contributed by atoms with E-state index in [2.05, 4.69) is 94.4 Å². The number of carbonyl (C=O) groups is 1. The Morgan fingerprint density at radius 2 is 1.46 bits per heavy atom. The zero-order chi connectivity index (χ0) is 20.4. The van der Waals surface area contributed by atoms with Crippen LogP contribution in [0.3, 0.4) is 0 Å². The molecule has 2 aromatic rings. The Bertz CT molecular complexity index is 794. The monoisotopic (exact) mass is 392 g/mol. The van der Waals surface area contributed by atoms with E-state index in [0.717, 1.165) is 12.8 Å². The summed E-state index contributed by atoms with van der Waals surface area (Å²) in [5, 5.41) is 2.51. The Morgan fingerprint density at radius 1 is 0.964 bits per heavy atom. The first-order valence-corrected chi connectivity index (χ1v) is 12.1. The fourth-order valence-electron chi connectivity index (χ4n) is 4.38. The molecule has 3 rings (SSSR count). The number of benzene rings is 2. The molecule has 0 fully saturated rings. The van der Waals surface area contributed by atoms with Crippen molar-refractivity contribution in [2.75, 3.05) is 0 Å². The largest absolute Gasteiger partial charge is 0.401 e. The third kappa shape index (κ3) is 3.92. The van der Waals surface area contributed by atoms with Crippen LogP contribution in [0, 0.1) is 5.92 Å². The van der Waals surface area contributed by atoms with Crippen LogP contribution in [0.1, 0.15) is 47.5 Å². The van der Waals surface area contributed by atoms with E-state index in [9.17, 15) is 4.79 Å². The van der Waals surface area contributed by atoms with Gasteiger partial charge in [0.15, 0.2) is 0 Å². The van der Waals surface area contributed by atoms with Crippen LogP contribution < -0.4 is 10.4 Å². The van der Waals surface area contributed by atoms with E-state index in [-0.39, 0.29) is 22.8 Å². The highest BCUT2D eigenvalue weighted by atomic mass is 28.4. The number of Topliss-reactive ketones (excluding diaryl/α,β-unsaturated/α-hetero) is 1. The summed E-state index contributed by atoms with van der Waals surface area (Å²) in [5.74, 6) is 0.326. The molecule has 0 saturated heterocycles. The topological polar surface area (TPSA) is 26.3 Å². The molecule has 28 heavy (non-hydrogen) atoms. The molecule has 0 amide bonds. The summed E-state index contributed by atoms with van der Waals surface area (Å²) in [7, 11) is -2.60. The Hall–Kier alpha value is -1.97. The normalized spacial score (nSPS) is 20.5. The second kappa shape index (κ2) is 8.18. The number of hydrogen-bond donors (Lipinski definition) is 0. The highest BCUT2D eigenvalue weighted by Crippen LogP contribution is 2.40. The lowest BCUT2D eigenvalue weighted by molar-refractivity contribution is -0.121. The lowest BCUT2D eigenvalue weighted by Gasteiger charge is -2.46. The number of allylic oxidation sites excluding steroid dienone is 1. The molecule has 0 radical (unpaired) electrons. The van der Waals surface area contributed by atoms with Crippen molar-refractivity contribution in [2.45, 2.75) is 58.6 Å². The van der Waals surface area contributed by atoms with Crippen molar-refractivity contribution in [1.82, 2.24) is 0 Å². The summed E-state index contributed by atoms with van der Waals surface area (Å²) >= 11 is 0. The minimum Gasteiger partial charge on any atom is -0.401 e. The zero-order valence-electron chi connectivity index (χ0n) is 17.7. The third-order valence-corrected chi connectivity index (χ3v) is 11.1. The minimum atomic E-state index is -2.60. The van der Waals surface area contributed by atoms with E-state index < -0.39 is 8.32 Å². The second-order valence-corrected chi connectivity index (χ2v) is 13.2. The van der Waals surface area contributed by atoms with Gasteiger partial charge in [0.2, 0.25) is 0 Å².